The molecule has 2 aliphatic heterocycles. The van der Waals surface area contributed by atoms with Crippen molar-refractivity contribution in [1.82, 2.24) is 5.32 Å². The van der Waals surface area contributed by atoms with Gasteiger partial charge < -0.3 is 10.1 Å². The second-order valence-corrected chi connectivity index (χ2v) is 4.11. The van der Waals surface area contributed by atoms with Crippen molar-refractivity contribution in [2.24, 2.45) is 0 Å². The SMILES string of the molecule is Fc1cccc2c1CC1(CCNC1)O2. The molecule has 1 aromatic carbocycles. The third-order valence-corrected chi connectivity index (χ3v) is 3.11. The zero-order chi connectivity index (χ0) is 9.60. The number of hydrogen-bond donors (Lipinski definition) is 1. The quantitative estimate of drug-likeness (QED) is 0.674. The van der Waals surface area contributed by atoms with Gasteiger partial charge in [0.1, 0.15) is 17.2 Å². The van der Waals surface area contributed by atoms with Crippen LogP contribution in [0.25, 0.3) is 0 Å². The highest BCUT2D eigenvalue weighted by atomic mass is 19.1. The van der Waals surface area contributed by atoms with Crippen LogP contribution >= 0.6 is 0 Å². The molecule has 1 saturated heterocycles. The maximum absolute atomic E-state index is 13.4. The number of benzene rings is 1. The van der Waals surface area contributed by atoms with Crippen LogP contribution in [0.3, 0.4) is 0 Å². The van der Waals surface area contributed by atoms with Crippen molar-refractivity contribution in [3.63, 3.8) is 0 Å². The van der Waals surface area contributed by atoms with Crippen molar-refractivity contribution >= 4 is 0 Å². The summed E-state index contributed by atoms with van der Waals surface area (Å²) < 4.78 is 19.3. The Balaban J connectivity index is 2.00. The van der Waals surface area contributed by atoms with E-state index in [0.29, 0.717) is 6.42 Å². The Labute approximate surface area is 82.1 Å². The second-order valence-electron chi connectivity index (χ2n) is 4.11. The summed E-state index contributed by atoms with van der Waals surface area (Å²) in [4.78, 5) is 0. The molecule has 2 aliphatic rings. The monoisotopic (exact) mass is 193 g/mol. The van der Waals surface area contributed by atoms with E-state index in [1.54, 1.807) is 6.07 Å². The van der Waals surface area contributed by atoms with E-state index in [0.717, 1.165) is 30.8 Å². The predicted molar refractivity (Wildman–Crippen MR) is 50.9 cm³/mol. The van der Waals surface area contributed by atoms with Crippen molar-refractivity contribution in [2.45, 2.75) is 18.4 Å². The van der Waals surface area contributed by atoms with E-state index < -0.39 is 0 Å². The minimum absolute atomic E-state index is 0.133. The average Bonchev–Trinajstić information content (AvgIpc) is 2.75. The van der Waals surface area contributed by atoms with Gasteiger partial charge in [0, 0.05) is 24.9 Å². The van der Waals surface area contributed by atoms with E-state index in [4.69, 9.17) is 4.74 Å². The highest BCUT2D eigenvalue weighted by Crippen LogP contribution is 2.39. The van der Waals surface area contributed by atoms with E-state index >= 15 is 0 Å². The lowest BCUT2D eigenvalue weighted by Gasteiger charge is -2.21. The molecule has 0 saturated carbocycles. The van der Waals surface area contributed by atoms with Gasteiger partial charge in [-0.05, 0) is 18.7 Å². The highest BCUT2D eigenvalue weighted by Gasteiger charge is 2.42. The minimum atomic E-state index is -0.162. The molecule has 1 fully saturated rings. The second kappa shape index (κ2) is 2.70. The Kier molecular flexibility index (Phi) is 1.59. The summed E-state index contributed by atoms with van der Waals surface area (Å²) in [7, 11) is 0. The van der Waals surface area contributed by atoms with Crippen LogP contribution in [0, 0.1) is 5.82 Å². The summed E-state index contributed by atoms with van der Waals surface area (Å²) in [6.07, 6.45) is 1.68. The first kappa shape index (κ1) is 8.24. The fourth-order valence-electron chi connectivity index (χ4n) is 2.36. The van der Waals surface area contributed by atoms with Gasteiger partial charge in [0.05, 0.1) is 0 Å². The van der Waals surface area contributed by atoms with Gasteiger partial charge in [-0.2, -0.15) is 0 Å². The Hall–Kier alpha value is -1.09. The fourth-order valence-corrected chi connectivity index (χ4v) is 2.36. The number of ether oxygens (including phenoxy) is 1. The smallest absolute Gasteiger partial charge is 0.130 e. The maximum Gasteiger partial charge on any atom is 0.130 e. The average molecular weight is 193 g/mol. The first-order valence-corrected chi connectivity index (χ1v) is 4.96. The maximum atomic E-state index is 13.4. The third-order valence-electron chi connectivity index (χ3n) is 3.11. The van der Waals surface area contributed by atoms with Crippen molar-refractivity contribution < 1.29 is 9.13 Å². The fraction of sp³-hybridized carbons (Fsp3) is 0.455. The van der Waals surface area contributed by atoms with Crippen molar-refractivity contribution in [1.29, 1.82) is 0 Å². The summed E-state index contributed by atoms with van der Waals surface area (Å²) in [6.45, 7) is 1.80. The molecule has 74 valence electrons. The van der Waals surface area contributed by atoms with Crippen LogP contribution in [0.4, 0.5) is 4.39 Å². The van der Waals surface area contributed by atoms with Gasteiger partial charge in [-0.15, -0.1) is 0 Å². The lowest BCUT2D eigenvalue weighted by atomic mass is 9.96. The summed E-state index contributed by atoms with van der Waals surface area (Å²) in [5.41, 5.74) is 0.584. The lowest BCUT2D eigenvalue weighted by Crippen LogP contribution is -2.36. The van der Waals surface area contributed by atoms with Gasteiger partial charge >= 0.3 is 0 Å². The Morgan fingerprint density at radius 2 is 2.36 bits per heavy atom. The number of halogens is 1. The number of nitrogens with one attached hydrogen (secondary N) is 1. The highest BCUT2D eigenvalue weighted by molar-refractivity contribution is 5.40. The molecule has 0 radical (unpaired) electrons. The molecule has 0 amide bonds. The standard InChI is InChI=1S/C11H12FNO/c12-9-2-1-3-10-8(9)6-11(14-10)4-5-13-7-11/h1-3,13H,4-7H2. The normalized spacial score (nSPS) is 29.2. The van der Waals surface area contributed by atoms with E-state index in [2.05, 4.69) is 5.32 Å². The van der Waals surface area contributed by atoms with Crippen molar-refractivity contribution in [3.8, 4) is 5.75 Å². The molecular formula is C11H12FNO. The van der Waals surface area contributed by atoms with E-state index in [9.17, 15) is 4.39 Å². The summed E-state index contributed by atoms with van der Waals surface area (Å²) in [5, 5.41) is 3.26. The number of hydrogen-bond acceptors (Lipinski definition) is 2. The third kappa shape index (κ3) is 1.05. The van der Waals surface area contributed by atoms with Gasteiger partial charge in [0.15, 0.2) is 0 Å². The van der Waals surface area contributed by atoms with E-state index in [-0.39, 0.29) is 11.4 Å². The van der Waals surface area contributed by atoms with Crippen LogP contribution in [0.15, 0.2) is 18.2 Å². The van der Waals surface area contributed by atoms with Crippen LogP contribution in [-0.2, 0) is 6.42 Å². The van der Waals surface area contributed by atoms with Gasteiger partial charge in [0.25, 0.3) is 0 Å². The van der Waals surface area contributed by atoms with E-state index in [1.165, 1.54) is 6.07 Å². The topological polar surface area (TPSA) is 21.3 Å². The van der Waals surface area contributed by atoms with E-state index in [1.807, 2.05) is 6.07 Å². The van der Waals surface area contributed by atoms with Crippen molar-refractivity contribution in [2.75, 3.05) is 13.1 Å². The summed E-state index contributed by atoms with van der Waals surface area (Å²) in [6, 6.07) is 5.06. The van der Waals surface area contributed by atoms with Crippen LogP contribution in [0.2, 0.25) is 0 Å². The molecular weight excluding hydrogens is 181 g/mol. The minimum Gasteiger partial charge on any atom is -0.485 e. The molecule has 0 bridgehead atoms. The van der Waals surface area contributed by atoms with Crippen LogP contribution in [0.5, 0.6) is 5.75 Å². The Morgan fingerprint density at radius 3 is 3.07 bits per heavy atom. The molecule has 0 aromatic heterocycles. The Bertz CT molecular complexity index is 372. The van der Waals surface area contributed by atoms with Crippen LogP contribution in [0.1, 0.15) is 12.0 Å². The molecule has 1 aromatic rings. The van der Waals surface area contributed by atoms with Gasteiger partial charge in [-0.25, -0.2) is 4.39 Å². The summed E-state index contributed by atoms with van der Waals surface area (Å²) in [5.74, 6) is 0.597. The lowest BCUT2D eigenvalue weighted by molar-refractivity contribution is 0.117. The molecule has 14 heavy (non-hydrogen) atoms. The molecule has 0 aliphatic carbocycles. The van der Waals surface area contributed by atoms with Gasteiger partial charge in [0.2, 0.25) is 0 Å². The first-order chi connectivity index (χ1) is 6.79. The molecule has 2 nitrogen and oxygen atoms in total. The van der Waals surface area contributed by atoms with Gasteiger partial charge in [-0.1, -0.05) is 6.07 Å². The van der Waals surface area contributed by atoms with Gasteiger partial charge in [-0.3, -0.25) is 0 Å². The summed E-state index contributed by atoms with van der Waals surface area (Å²) >= 11 is 0. The molecule has 1 atom stereocenters. The van der Waals surface area contributed by atoms with Crippen molar-refractivity contribution in [3.05, 3.63) is 29.6 Å². The zero-order valence-electron chi connectivity index (χ0n) is 7.85. The first-order valence-electron chi connectivity index (χ1n) is 4.96. The number of rotatable bonds is 0. The Morgan fingerprint density at radius 1 is 1.43 bits per heavy atom. The van der Waals surface area contributed by atoms with Crippen LogP contribution in [-0.4, -0.2) is 18.7 Å². The molecule has 1 spiro atoms. The predicted octanol–water partition coefficient (Wildman–Crippen LogP) is 1.49. The molecule has 1 N–H and O–H groups in total. The number of fused-ring (bicyclic) bond motifs is 1. The van der Waals surface area contributed by atoms with Crippen LogP contribution < -0.4 is 10.1 Å². The molecule has 3 rings (SSSR count). The molecule has 2 heterocycles. The molecule has 1 unspecified atom stereocenters. The largest absolute Gasteiger partial charge is 0.485 e. The molecule has 3 heteroatoms. The zero-order valence-corrected chi connectivity index (χ0v) is 7.85.